The number of hydrogen-bond donors (Lipinski definition) is 1. The van der Waals surface area contributed by atoms with Crippen molar-refractivity contribution >= 4 is 32.6 Å². The van der Waals surface area contributed by atoms with Crippen LogP contribution in [0.15, 0.2) is 60.7 Å². The van der Waals surface area contributed by atoms with E-state index in [-0.39, 0.29) is 5.91 Å². The molecule has 1 N–H and O–H groups in total. The zero-order valence-corrected chi connectivity index (χ0v) is 14.7. The van der Waals surface area contributed by atoms with Gasteiger partial charge in [-0.25, -0.2) is 9.67 Å². The molecule has 1 aliphatic rings. The zero-order chi connectivity index (χ0) is 17.5. The SMILES string of the molecule is O=C(Nc1nc2ccccc2s1)c1cc(C2CC2)nn1-c1ccccc1. The number of aromatic nitrogens is 3. The number of nitrogens with one attached hydrogen (secondary N) is 1. The van der Waals surface area contributed by atoms with Crippen molar-refractivity contribution in [3.05, 3.63) is 72.1 Å². The zero-order valence-electron chi connectivity index (χ0n) is 13.9. The van der Waals surface area contributed by atoms with E-state index in [4.69, 9.17) is 0 Å². The monoisotopic (exact) mass is 360 g/mol. The molecule has 5 nitrogen and oxygen atoms in total. The summed E-state index contributed by atoms with van der Waals surface area (Å²) >= 11 is 1.47. The Labute approximate surface area is 154 Å². The molecule has 0 atom stereocenters. The number of rotatable bonds is 4. The fraction of sp³-hybridized carbons (Fsp3) is 0.150. The van der Waals surface area contributed by atoms with Gasteiger partial charge in [0.25, 0.3) is 5.91 Å². The second-order valence-electron chi connectivity index (χ2n) is 6.42. The van der Waals surface area contributed by atoms with Crippen molar-refractivity contribution in [2.24, 2.45) is 0 Å². The van der Waals surface area contributed by atoms with Crippen molar-refractivity contribution in [2.75, 3.05) is 5.32 Å². The minimum absolute atomic E-state index is 0.188. The van der Waals surface area contributed by atoms with E-state index in [1.54, 1.807) is 4.68 Å². The Bertz CT molecular complexity index is 1060. The van der Waals surface area contributed by atoms with Gasteiger partial charge in [-0.3, -0.25) is 10.1 Å². The van der Waals surface area contributed by atoms with Crippen LogP contribution in [0.2, 0.25) is 0 Å². The van der Waals surface area contributed by atoms with Crippen LogP contribution in [-0.2, 0) is 0 Å². The molecule has 128 valence electrons. The first-order chi connectivity index (χ1) is 12.8. The van der Waals surface area contributed by atoms with Gasteiger partial charge in [0.15, 0.2) is 5.13 Å². The molecule has 0 unspecified atom stereocenters. The number of nitrogens with zero attached hydrogens (tertiary/aromatic N) is 3. The van der Waals surface area contributed by atoms with Gasteiger partial charge in [0.1, 0.15) is 5.69 Å². The van der Waals surface area contributed by atoms with Crippen LogP contribution < -0.4 is 5.32 Å². The molecule has 6 heteroatoms. The third-order valence-corrected chi connectivity index (χ3v) is 5.42. The van der Waals surface area contributed by atoms with Crippen LogP contribution in [0.1, 0.15) is 34.9 Å². The quantitative estimate of drug-likeness (QED) is 0.578. The molecular formula is C20H16N4OS. The molecule has 1 amide bonds. The van der Waals surface area contributed by atoms with E-state index in [2.05, 4.69) is 15.4 Å². The Hall–Kier alpha value is -2.99. The van der Waals surface area contributed by atoms with Gasteiger partial charge in [-0.15, -0.1) is 0 Å². The molecule has 1 aliphatic carbocycles. The number of hydrogen-bond acceptors (Lipinski definition) is 4. The smallest absolute Gasteiger partial charge is 0.276 e. The summed E-state index contributed by atoms with van der Waals surface area (Å²) < 4.78 is 2.79. The molecule has 0 spiro atoms. The summed E-state index contributed by atoms with van der Waals surface area (Å²) in [5.74, 6) is 0.293. The molecule has 4 aromatic rings. The van der Waals surface area contributed by atoms with Crippen LogP contribution in [0, 0.1) is 0 Å². The van der Waals surface area contributed by atoms with E-state index >= 15 is 0 Å². The average Bonchev–Trinajstić information content (AvgIpc) is 3.28. The summed E-state index contributed by atoms with van der Waals surface area (Å²) in [4.78, 5) is 17.4. The highest BCUT2D eigenvalue weighted by atomic mass is 32.1. The summed E-state index contributed by atoms with van der Waals surface area (Å²) in [6, 6.07) is 19.5. The molecule has 26 heavy (non-hydrogen) atoms. The number of fused-ring (bicyclic) bond motifs is 1. The minimum Gasteiger partial charge on any atom is -0.296 e. The first-order valence-corrected chi connectivity index (χ1v) is 9.42. The second kappa shape index (κ2) is 6.07. The third-order valence-electron chi connectivity index (χ3n) is 4.47. The molecule has 1 fully saturated rings. The number of amides is 1. The number of para-hydroxylation sites is 2. The highest BCUT2D eigenvalue weighted by Crippen LogP contribution is 2.40. The third kappa shape index (κ3) is 2.78. The number of carbonyl (C=O) groups excluding carboxylic acids is 1. The van der Waals surface area contributed by atoms with Crippen LogP contribution in [0.5, 0.6) is 0 Å². The maximum absolute atomic E-state index is 12.9. The number of carbonyl (C=O) groups is 1. The number of anilines is 1. The van der Waals surface area contributed by atoms with E-state index in [0.29, 0.717) is 16.7 Å². The predicted octanol–water partition coefficient (Wildman–Crippen LogP) is 4.61. The Morgan fingerprint density at radius 3 is 2.62 bits per heavy atom. The average molecular weight is 360 g/mol. The predicted molar refractivity (Wildman–Crippen MR) is 103 cm³/mol. The van der Waals surface area contributed by atoms with E-state index in [1.165, 1.54) is 11.3 Å². The van der Waals surface area contributed by atoms with Gasteiger partial charge < -0.3 is 0 Å². The van der Waals surface area contributed by atoms with E-state index in [0.717, 1.165) is 34.4 Å². The molecule has 0 saturated heterocycles. The first kappa shape index (κ1) is 15.3. The van der Waals surface area contributed by atoms with E-state index in [9.17, 15) is 4.79 Å². The lowest BCUT2D eigenvalue weighted by atomic mass is 10.2. The van der Waals surface area contributed by atoms with Crippen molar-refractivity contribution in [1.82, 2.24) is 14.8 Å². The second-order valence-corrected chi connectivity index (χ2v) is 7.45. The Morgan fingerprint density at radius 2 is 1.85 bits per heavy atom. The van der Waals surface area contributed by atoms with Gasteiger partial charge in [0, 0.05) is 5.92 Å². The highest BCUT2D eigenvalue weighted by molar-refractivity contribution is 7.22. The molecule has 2 aromatic carbocycles. The summed E-state index contributed by atoms with van der Waals surface area (Å²) in [7, 11) is 0. The minimum atomic E-state index is -0.188. The van der Waals surface area contributed by atoms with Gasteiger partial charge in [-0.05, 0) is 43.2 Å². The normalized spacial score (nSPS) is 13.8. The van der Waals surface area contributed by atoms with Crippen LogP contribution in [0.25, 0.3) is 15.9 Å². The van der Waals surface area contributed by atoms with Crippen LogP contribution >= 0.6 is 11.3 Å². The summed E-state index contributed by atoms with van der Waals surface area (Å²) in [5.41, 5.74) is 3.30. The molecule has 2 aromatic heterocycles. The lowest BCUT2D eigenvalue weighted by Crippen LogP contribution is -2.16. The highest BCUT2D eigenvalue weighted by Gasteiger charge is 2.29. The van der Waals surface area contributed by atoms with Crippen LogP contribution in [0.4, 0.5) is 5.13 Å². The van der Waals surface area contributed by atoms with Crippen molar-refractivity contribution in [3.8, 4) is 5.69 Å². The van der Waals surface area contributed by atoms with Crippen molar-refractivity contribution in [1.29, 1.82) is 0 Å². The molecular weight excluding hydrogens is 344 g/mol. The molecule has 0 aliphatic heterocycles. The molecule has 0 radical (unpaired) electrons. The summed E-state index contributed by atoms with van der Waals surface area (Å²) in [6.07, 6.45) is 2.29. The molecule has 1 saturated carbocycles. The van der Waals surface area contributed by atoms with Crippen molar-refractivity contribution in [2.45, 2.75) is 18.8 Å². The summed E-state index contributed by atoms with van der Waals surface area (Å²) in [6.45, 7) is 0. The van der Waals surface area contributed by atoms with Crippen LogP contribution in [-0.4, -0.2) is 20.7 Å². The van der Waals surface area contributed by atoms with Gasteiger partial charge in [0.05, 0.1) is 21.6 Å². The fourth-order valence-corrected chi connectivity index (χ4v) is 3.85. The number of thiazole rings is 1. The molecule has 0 bridgehead atoms. The maximum atomic E-state index is 12.9. The van der Waals surface area contributed by atoms with Crippen molar-refractivity contribution < 1.29 is 4.79 Å². The Balaban J connectivity index is 1.50. The summed E-state index contributed by atoms with van der Waals surface area (Å²) in [5, 5.41) is 8.23. The molecule has 2 heterocycles. The van der Waals surface area contributed by atoms with Gasteiger partial charge in [0.2, 0.25) is 0 Å². The van der Waals surface area contributed by atoms with Crippen LogP contribution in [0.3, 0.4) is 0 Å². The maximum Gasteiger partial charge on any atom is 0.276 e. The Morgan fingerprint density at radius 1 is 1.08 bits per heavy atom. The van der Waals surface area contributed by atoms with E-state index in [1.807, 2.05) is 60.7 Å². The number of benzene rings is 2. The van der Waals surface area contributed by atoms with Gasteiger partial charge in [-0.2, -0.15) is 5.10 Å². The van der Waals surface area contributed by atoms with Crippen molar-refractivity contribution in [3.63, 3.8) is 0 Å². The lowest BCUT2D eigenvalue weighted by molar-refractivity contribution is 0.101. The van der Waals surface area contributed by atoms with E-state index < -0.39 is 0 Å². The molecule has 5 rings (SSSR count). The topological polar surface area (TPSA) is 59.8 Å². The van der Waals surface area contributed by atoms with Gasteiger partial charge in [-0.1, -0.05) is 41.7 Å². The lowest BCUT2D eigenvalue weighted by Gasteiger charge is -2.06. The fourth-order valence-electron chi connectivity index (χ4n) is 2.99. The van der Waals surface area contributed by atoms with Gasteiger partial charge >= 0.3 is 0 Å². The first-order valence-electron chi connectivity index (χ1n) is 8.60. The largest absolute Gasteiger partial charge is 0.296 e. The Kier molecular flexibility index (Phi) is 3.57. The standard InChI is InChI=1S/C20H16N4OS/c25-19(22-20-21-15-8-4-5-9-18(15)26-20)17-12-16(13-10-11-13)23-24(17)14-6-2-1-3-7-14/h1-9,12-13H,10-11H2,(H,21,22,25).